The van der Waals surface area contributed by atoms with Crippen LogP contribution in [0.15, 0.2) is 12.5 Å². The van der Waals surface area contributed by atoms with Gasteiger partial charge in [-0.25, -0.2) is 9.78 Å². The van der Waals surface area contributed by atoms with Gasteiger partial charge in [-0.3, -0.25) is 14.4 Å². The quantitative estimate of drug-likeness (QED) is 0.142. The molecule has 3 amide bonds. The van der Waals surface area contributed by atoms with Crippen molar-refractivity contribution in [3.05, 3.63) is 18.2 Å². The van der Waals surface area contributed by atoms with Crippen molar-refractivity contribution in [1.82, 2.24) is 25.9 Å². The molecule has 1 rings (SSSR count). The number of rotatable bonds is 17. The average molecular weight is 510 g/mol. The second kappa shape index (κ2) is 15.9. The van der Waals surface area contributed by atoms with Crippen LogP contribution in [0.25, 0.3) is 0 Å². The number of carbonyl (C=O) groups is 4. The summed E-state index contributed by atoms with van der Waals surface area (Å²) in [5.41, 5.74) is 12.1. The minimum Gasteiger partial charge on any atom is -0.480 e. The van der Waals surface area contributed by atoms with Gasteiger partial charge in [-0.15, -0.1) is 0 Å². The predicted octanol–water partition coefficient (Wildman–Crippen LogP) is 0.0397. The molecule has 36 heavy (non-hydrogen) atoms. The van der Waals surface area contributed by atoms with E-state index in [0.29, 0.717) is 37.9 Å². The molecule has 0 spiro atoms. The van der Waals surface area contributed by atoms with Gasteiger partial charge in [-0.05, 0) is 37.6 Å². The van der Waals surface area contributed by atoms with E-state index in [9.17, 15) is 24.3 Å². The molecule has 1 aromatic heterocycles. The number of hydrogen-bond acceptors (Lipinski definition) is 7. The molecular weight excluding hydrogens is 466 g/mol. The standard InChI is InChI=1S/C24H43N7O5/c1-5-15(4)20(24(35)36)31-23(34)19(11-16-12-27-13-28-16)30-22(33)18(10-14(2)3)29-21(32)17(26)8-6-7-9-25/h12-15,17-20H,5-11,25-26H2,1-4H3,(H,27,28)(H,29,32)(H,30,33)(H,31,34)(H,35,36). The highest BCUT2D eigenvalue weighted by Gasteiger charge is 2.32. The van der Waals surface area contributed by atoms with Gasteiger partial charge in [0, 0.05) is 18.3 Å². The van der Waals surface area contributed by atoms with E-state index in [1.807, 2.05) is 20.8 Å². The first kappa shape index (κ1) is 31.0. The smallest absolute Gasteiger partial charge is 0.326 e. The van der Waals surface area contributed by atoms with E-state index in [2.05, 4.69) is 25.9 Å². The first-order valence-corrected chi connectivity index (χ1v) is 12.6. The Labute approximate surface area is 212 Å². The van der Waals surface area contributed by atoms with Crippen molar-refractivity contribution in [2.24, 2.45) is 23.3 Å². The van der Waals surface area contributed by atoms with Gasteiger partial charge in [0.25, 0.3) is 0 Å². The van der Waals surface area contributed by atoms with Gasteiger partial charge in [0.1, 0.15) is 18.1 Å². The number of amides is 3. The third-order valence-electron chi connectivity index (χ3n) is 6.03. The Balaban J connectivity index is 3.03. The summed E-state index contributed by atoms with van der Waals surface area (Å²) in [5, 5.41) is 17.5. The monoisotopic (exact) mass is 509 g/mol. The number of nitrogens with two attached hydrogens (primary N) is 2. The molecule has 12 heteroatoms. The van der Waals surface area contributed by atoms with Crippen LogP contribution in [-0.2, 0) is 25.6 Å². The first-order valence-electron chi connectivity index (χ1n) is 12.6. The molecule has 9 N–H and O–H groups in total. The highest BCUT2D eigenvalue weighted by atomic mass is 16.4. The van der Waals surface area contributed by atoms with Crippen LogP contribution < -0.4 is 27.4 Å². The molecule has 1 heterocycles. The number of unbranched alkanes of at least 4 members (excludes halogenated alkanes) is 1. The van der Waals surface area contributed by atoms with Gasteiger partial charge >= 0.3 is 5.97 Å². The van der Waals surface area contributed by atoms with Gasteiger partial charge in [0.15, 0.2) is 0 Å². The first-order chi connectivity index (χ1) is 17.0. The second-order valence-electron chi connectivity index (χ2n) is 9.63. The zero-order valence-corrected chi connectivity index (χ0v) is 21.8. The van der Waals surface area contributed by atoms with Crippen molar-refractivity contribution >= 4 is 23.7 Å². The highest BCUT2D eigenvalue weighted by Crippen LogP contribution is 2.11. The molecule has 204 valence electrons. The Morgan fingerprint density at radius 1 is 1.03 bits per heavy atom. The lowest BCUT2D eigenvalue weighted by molar-refractivity contribution is -0.143. The largest absolute Gasteiger partial charge is 0.480 e. The lowest BCUT2D eigenvalue weighted by atomic mass is 9.98. The van der Waals surface area contributed by atoms with Crippen LogP contribution in [0, 0.1) is 11.8 Å². The molecule has 0 aliphatic rings. The Morgan fingerprint density at radius 3 is 2.19 bits per heavy atom. The number of H-pyrrole nitrogens is 1. The fraction of sp³-hybridized carbons (Fsp3) is 0.708. The van der Waals surface area contributed by atoms with Gasteiger partial charge in [-0.2, -0.15) is 0 Å². The highest BCUT2D eigenvalue weighted by molar-refractivity contribution is 5.94. The van der Waals surface area contributed by atoms with Gasteiger partial charge < -0.3 is 37.5 Å². The number of carbonyl (C=O) groups excluding carboxylic acids is 3. The van der Waals surface area contributed by atoms with Gasteiger partial charge in [0.05, 0.1) is 12.4 Å². The normalized spacial score (nSPS) is 15.4. The minimum absolute atomic E-state index is 0.0609. The van der Waals surface area contributed by atoms with E-state index in [-0.39, 0.29) is 18.3 Å². The molecule has 1 aromatic rings. The molecule has 0 radical (unpaired) electrons. The number of imidazole rings is 1. The van der Waals surface area contributed by atoms with Crippen LogP contribution in [0.2, 0.25) is 0 Å². The number of aliphatic carboxylic acids is 1. The van der Waals surface area contributed by atoms with Crippen LogP contribution >= 0.6 is 0 Å². The number of aromatic nitrogens is 2. The Bertz CT molecular complexity index is 831. The summed E-state index contributed by atoms with van der Waals surface area (Å²) in [6.07, 6.45) is 5.78. The number of nitrogens with one attached hydrogen (secondary N) is 4. The molecule has 0 aromatic carbocycles. The molecule has 0 fully saturated rings. The predicted molar refractivity (Wildman–Crippen MR) is 136 cm³/mol. The Kier molecular flexibility index (Phi) is 13.7. The van der Waals surface area contributed by atoms with E-state index in [1.165, 1.54) is 12.5 Å². The van der Waals surface area contributed by atoms with E-state index >= 15 is 0 Å². The van der Waals surface area contributed by atoms with Crippen molar-refractivity contribution in [3.8, 4) is 0 Å². The summed E-state index contributed by atoms with van der Waals surface area (Å²) < 4.78 is 0. The SMILES string of the molecule is CCC(C)C(NC(=O)C(Cc1cnc[nH]1)NC(=O)C(CC(C)C)NC(=O)C(N)CCCCN)C(=O)O. The Morgan fingerprint density at radius 2 is 1.67 bits per heavy atom. The molecule has 12 nitrogen and oxygen atoms in total. The summed E-state index contributed by atoms with van der Waals surface area (Å²) >= 11 is 0. The van der Waals surface area contributed by atoms with E-state index in [0.717, 1.165) is 6.42 Å². The van der Waals surface area contributed by atoms with Crippen molar-refractivity contribution in [2.45, 2.75) is 90.4 Å². The molecule has 0 aliphatic carbocycles. The molecule has 0 bridgehead atoms. The number of carboxylic acids is 1. The maximum atomic E-state index is 13.2. The lowest BCUT2D eigenvalue weighted by Crippen LogP contribution is -2.58. The topological polar surface area (TPSA) is 205 Å². The van der Waals surface area contributed by atoms with Gasteiger partial charge in [-0.1, -0.05) is 40.5 Å². The van der Waals surface area contributed by atoms with E-state index in [1.54, 1.807) is 6.92 Å². The summed E-state index contributed by atoms with van der Waals surface area (Å²) in [7, 11) is 0. The maximum Gasteiger partial charge on any atom is 0.326 e. The van der Waals surface area contributed by atoms with Crippen molar-refractivity contribution < 1.29 is 24.3 Å². The molecule has 0 aliphatic heterocycles. The van der Waals surface area contributed by atoms with Crippen LogP contribution in [0.3, 0.4) is 0 Å². The molecule has 0 saturated heterocycles. The number of aromatic amines is 1. The van der Waals surface area contributed by atoms with E-state index in [4.69, 9.17) is 11.5 Å². The fourth-order valence-corrected chi connectivity index (χ4v) is 3.66. The summed E-state index contributed by atoms with van der Waals surface area (Å²) in [6.45, 7) is 7.88. The number of nitrogens with zero attached hydrogens (tertiary/aromatic N) is 1. The average Bonchev–Trinajstić information content (AvgIpc) is 3.33. The third-order valence-corrected chi connectivity index (χ3v) is 6.03. The number of hydrogen-bond donors (Lipinski definition) is 7. The van der Waals surface area contributed by atoms with Crippen molar-refractivity contribution in [2.75, 3.05) is 6.54 Å². The minimum atomic E-state index is -1.15. The van der Waals surface area contributed by atoms with Crippen LogP contribution in [0.4, 0.5) is 0 Å². The molecule has 0 saturated carbocycles. The zero-order valence-electron chi connectivity index (χ0n) is 21.8. The van der Waals surface area contributed by atoms with Gasteiger partial charge in [0.2, 0.25) is 17.7 Å². The van der Waals surface area contributed by atoms with E-state index < -0.39 is 47.9 Å². The molecule has 5 atom stereocenters. The fourth-order valence-electron chi connectivity index (χ4n) is 3.66. The maximum absolute atomic E-state index is 13.2. The van der Waals surface area contributed by atoms with Crippen LogP contribution in [0.1, 0.15) is 65.5 Å². The summed E-state index contributed by atoms with van der Waals surface area (Å²) in [5.74, 6) is -3.05. The number of carboxylic acid groups (broad SMARTS) is 1. The van der Waals surface area contributed by atoms with Crippen LogP contribution in [0.5, 0.6) is 0 Å². The van der Waals surface area contributed by atoms with Crippen molar-refractivity contribution in [1.29, 1.82) is 0 Å². The van der Waals surface area contributed by atoms with Crippen molar-refractivity contribution in [3.63, 3.8) is 0 Å². The summed E-state index contributed by atoms with van der Waals surface area (Å²) in [6, 6.07) is -3.90. The third kappa shape index (κ3) is 10.7. The second-order valence-corrected chi connectivity index (χ2v) is 9.63. The Hall–Kier alpha value is -2.99. The lowest BCUT2D eigenvalue weighted by Gasteiger charge is -2.27. The molecular formula is C24H43N7O5. The molecule has 5 unspecified atom stereocenters. The summed E-state index contributed by atoms with van der Waals surface area (Å²) in [4.78, 5) is 57.5. The zero-order chi connectivity index (χ0) is 27.3. The van der Waals surface area contributed by atoms with Crippen LogP contribution in [-0.4, -0.2) is 69.5 Å².